The second kappa shape index (κ2) is 4.92. The molecule has 2 heterocycles. The summed E-state index contributed by atoms with van der Waals surface area (Å²) < 4.78 is 5.47. The van der Waals surface area contributed by atoms with Gasteiger partial charge in [0.25, 0.3) is 5.91 Å². The number of rotatable bonds is 1. The number of ether oxygens (including phenoxy) is 1. The van der Waals surface area contributed by atoms with Gasteiger partial charge in [0, 0.05) is 38.8 Å². The monoisotopic (exact) mass is 213 g/mol. The van der Waals surface area contributed by atoms with Gasteiger partial charge in [-0.2, -0.15) is 0 Å². The van der Waals surface area contributed by atoms with E-state index < -0.39 is 0 Å². The molecular formula is C10H19N3O2. The lowest BCUT2D eigenvalue weighted by molar-refractivity contribution is -0.148. The van der Waals surface area contributed by atoms with Crippen LogP contribution in [0.25, 0.3) is 0 Å². The van der Waals surface area contributed by atoms with E-state index in [-0.39, 0.29) is 18.1 Å². The Morgan fingerprint density at radius 1 is 1.33 bits per heavy atom. The average molecular weight is 213 g/mol. The predicted octanol–water partition coefficient (Wildman–Crippen LogP) is -1.20. The molecule has 2 aliphatic heterocycles. The summed E-state index contributed by atoms with van der Waals surface area (Å²) in [7, 11) is 0. The number of morpholine rings is 1. The summed E-state index contributed by atoms with van der Waals surface area (Å²) in [4.78, 5) is 14.0. The fourth-order valence-corrected chi connectivity index (χ4v) is 2.08. The summed E-state index contributed by atoms with van der Waals surface area (Å²) in [6.45, 7) is 6.76. The van der Waals surface area contributed by atoms with Gasteiger partial charge < -0.3 is 20.3 Å². The molecule has 0 aliphatic carbocycles. The third kappa shape index (κ3) is 2.48. The van der Waals surface area contributed by atoms with E-state index in [1.165, 1.54) is 0 Å². The minimum Gasteiger partial charge on any atom is -0.366 e. The minimum absolute atomic E-state index is 0.135. The van der Waals surface area contributed by atoms with Crippen LogP contribution in [0, 0.1) is 0 Å². The molecule has 2 rings (SSSR count). The Hall–Kier alpha value is -0.650. The largest absolute Gasteiger partial charge is 0.366 e. The van der Waals surface area contributed by atoms with Crippen LogP contribution in [0.5, 0.6) is 0 Å². The van der Waals surface area contributed by atoms with E-state index in [0.717, 1.165) is 26.2 Å². The molecule has 0 aromatic heterocycles. The van der Waals surface area contributed by atoms with Gasteiger partial charge in [0.2, 0.25) is 0 Å². The summed E-state index contributed by atoms with van der Waals surface area (Å²) in [5.41, 5.74) is 0. The Morgan fingerprint density at radius 3 is 2.80 bits per heavy atom. The molecule has 15 heavy (non-hydrogen) atoms. The first-order chi connectivity index (χ1) is 7.29. The van der Waals surface area contributed by atoms with E-state index in [4.69, 9.17) is 4.74 Å². The molecule has 5 heteroatoms. The van der Waals surface area contributed by atoms with E-state index in [1.807, 2.05) is 4.90 Å². The first-order valence-electron chi connectivity index (χ1n) is 5.62. The minimum atomic E-state index is -0.278. The normalized spacial score (nSPS) is 32.7. The number of piperazine rings is 1. The molecule has 0 bridgehead atoms. The van der Waals surface area contributed by atoms with Gasteiger partial charge in [0.05, 0.1) is 6.61 Å². The van der Waals surface area contributed by atoms with Crippen molar-refractivity contribution in [1.29, 1.82) is 0 Å². The molecular weight excluding hydrogens is 194 g/mol. The second-order valence-corrected chi connectivity index (χ2v) is 4.15. The molecule has 0 spiro atoms. The summed E-state index contributed by atoms with van der Waals surface area (Å²) in [5.74, 6) is 0.135. The fourth-order valence-electron chi connectivity index (χ4n) is 2.08. The smallest absolute Gasteiger partial charge is 0.253 e. The van der Waals surface area contributed by atoms with Gasteiger partial charge in [0.15, 0.2) is 0 Å². The van der Waals surface area contributed by atoms with Gasteiger partial charge in [-0.05, 0) is 6.92 Å². The van der Waals surface area contributed by atoms with E-state index in [9.17, 15) is 4.79 Å². The third-order valence-electron chi connectivity index (χ3n) is 2.99. The van der Waals surface area contributed by atoms with Crippen molar-refractivity contribution in [3.63, 3.8) is 0 Å². The van der Waals surface area contributed by atoms with Crippen molar-refractivity contribution in [1.82, 2.24) is 15.5 Å². The van der Waals surface area contributed by atoms with Crippen LogP contribution in [0.2, 0.25) is 0 Å². The molecule has 0 radical (unpaired) electrons. The molecule has 2 N–H and O–H groups in total. The average Bonchev–Trinajstić information content (AvgIpc) is 2.30. The molecule has 86 valence electrons. The maximum atomic E-state index is 12.1. The molecule has 0 aromatic rings. The molecule has 2 aliphatic rings. The molecule has 2 saturated heterocycles. The Kier molecular flexibility index (Phi) is 3.56. The summed E-state index contributed by atoms with van der Waals surface area (Å²) in [5, 5.41) is 6.45. The number of carbonyl (C=O) groups excluding carboxylic acids is 1. The number of hydrogen-bond donors (Lipinski definition) is 2. The topological polar surface area (TPSA) is 53.6 Å². The molecule has 0 unspecified atom stereocenters. The van der Waals surface area contributed by atoms with Crippen LogP contribution in [0.15, 0.2) is 0 Å². The summed E-state index contributed by atoms with van der Waals surface area (Å²) >= 11 is 0. The van der Waals surface area contributed by atoms with Crippen molar-refractivity contribution in [3.8, 4) is 0 Å². The van der Waals surface area contributed by atoms with Crippen LogP contribution >= 0.6 is 0 Å². The Morgan fingerprint density at radius 2 is 2.13 bits per heavy atom. The Labute approximate surface area is 90.1 Å². The number of amides is 1. The predicted molar refractivity (Wildman–Crippen MR) is 56.7 cm³/mol. The van der Waals surface area contributed by atoms with Crippen molar-refractivity contribution in [2.45, 2.75) is 19.1 Å². The molecule has 0 aromatic carbocycles. The molecule has 2 atom stereocenters. The highest BCUT2D eigenvalue weighted by atomic mass is 16.5. The zero-order valence-electron chi connectivity index (χ0n) is 9.16. The van der Waals surface area contributed by atoms with E-state index in [0.29, 0.717) is 13.2 Å². The van der Waals surface area contributed by atoms with Crippen LogP contribution in [0.4, 0.5) is 0 Å². The zero-order valence-corrected chi connectivity index (χ0v) is 9.16. The van der Waals surface area contributed by atoms with Crippen molar-refractivity contribution in [3.05, 3.63) is 0 Å². The van der Waals surface area contributed by atoms with Gasteiger partial charge in [-0.1, -0.05) is 0 Å². The highest BCUT2D eigenvalue weighted by Crippen LogP contribution is 2.08. The van der Waals surface area contributed by atoms with Crippen molar-refractivity contribution >= 4 is 5.91 Å². The van der Waals surface area contributed by atoms with Crippen LogP contribution in [0.3, 0.4) is 0 Å². The number of nitrogens with one attached hydrogen (secondary N) is 2. The highest BCUT2D eigenvalue weighted by molar-refractivity contribution is 5.81. The van der Waals surface area contributed by atoms with Gasteiger partial charge in [-0.3, -0.25) is 4.79 Å². The van der Waals surface area contributed by atoms with Gasteiger partial charge in [-0.15, -0.1) is 0 Å². The van der Waals surface area contributed by atoms with Crippen LogP contribution in [0.1, 0.15) is 6.92 Å². The van der Waals surface area contributed by atoms with Gasteiger partial charge in [-0.25, -0.2) is 0 Å². The fraction of sp³-hybridized carbons (Fsp3) is 0.900. The SMILES string of the molecule is C[C@H]1CNCCN1C(=O)[C@H]1CNCCO1. The third-order valence-corrected chi connectivity index (χ3v) is 2.99. The summed E-state index contributed by atoms with van der Waals surface area (Å²) in [6.07, 6.45) is -0.278. The van der Waals surface area contributed by atoms with E-state index in [2.05, 4.69) is 17.6 Å². The first kappa shape index (κ1) is 10.9. The highest BCUT2D eigenvalue weighted by Gasteiger charge is 2.30. The number of hydrogen-bond acceptors (Lipinski definition) is 4. The number of carbonyl (C=O) groups is 1. The first-order valence-corrected chi connectivity index (χ1v) is 5.62. The van der Waals surface area contributed by atoms with E-state index >= 15 is 0 Å². The van der Waals surface area contributed by atoms with Gasteiger partial charge >= 0.3 is 0 Å². The molecule has 2 fully saturated rings. The molecule has 1 amide bonds. The maximum Gasteiger partial charge on any atom is 0.253 e. The molecule has 5 nitrogen and oxygen atoms in total. The van der Waals surface area contributed by atoms with E-state index in [1.54, 1.807) is 0 Å². The van der Waals surface area contributed by atoms with Crippen molar-refractivity contribution < 1.29 is 9.53 Å². The van der Waals surface area contributed by atoms with Gasteiger partial charge in [0.1, 0.15) is 6.10 Å². The second-order valence-electron chi connectivity index (χ2n) is 4.15. The van der Waals surface area contributed by atoms with Crippen LogP contribution in [-0.4, -0.2) is 62.3 Å². The lowest BCUT2D eigenvalue weighted by Crippen LogP contribution is -2.57. The standard InChI is InChI=1S/C10H19N3O2/c1-8-6-11-2-4-13(8)10(14)9-7-12-3-5-15-9/h8-9,11-12H,2-7H2,1H3/t8-,9+/m0/s1. The maximum absolute atomic E-state index is 12.1. The van der Waals surface area contributed by atoms with Crippen LogP contribution in [-0.2, 0) is 9.53 Å². The van der Waals surface area contributed by atoms with Crippen molar-refractivity contribution in [2.75, 3.05) is 39.3 Å². The lowest BCUT2D eigenvalue weighted by Gasteiger charge is -2.37. The summed E-state index contributed by atoms with van der Waals surface area (Å²) in [6, 6.07) is 0.275. The lowest BCUT2D eigenvalue weighted by atomic mass is 10.1. The Bertz CT molecular complexity index is 229. The zero-order chi connectivity index (χ0) is 10.7. The van der Waals surface area contributed by atoms with Crippen molar-refractivity contribution in [2.24, 2.45) is 0 Å². The quantitative estimate of drug-likeness (QED) is 0.574. The van der Waals surface area contributed by atoms with Crippen LogP contribution < -0.4 is 10.6 Å². The number of nitrogens with zero attached hydrogens (tertiary/aromatic N) is 1. The molecule has 0 saturated carbocycles. The Balaban J connectivity index is 1.92.